The number of hydrogen-bond acceptors (Lipinski definition) is 4. The van der Waals surface area contributed by atoms with Crippen LogP contribution in [0, 0.1) is 0 Å². The van der Waals surface area contributed by atoms with E-state index < -0.39 is 5.97 Å². The highest BCUT2D eigenvalue weighted by molar-refractivity contribution is 5.94. The van der Waals surface area contributed by atoms with Crippen molar-refractivity contribution < 1.29 is 24.3 Å². The van der Waals surface area contributed by atoms with E-state index in [0.29, 0.717) is 18.5 Å². The predicted molar refractivity (Wildman–Crippen MR) is 102 cm³/mol. The molecule has 0 saturated heterocycles. The standard InChI is InChI=1S/C15H21NO4.C5H14N/c17-13-8-6-7-12(11-13)15(20)16-10-5-3-1-2-4-9-14(18)19;1-5-6(2,3)4/h6-8,11,17H,1-5,9-10H2,(H,16,20)(H,18,19);5H2,1-4H3/q;+1/p-1. The van der Waals surface area contributed by atoms with Crippen LogP contribution in [0.1, 0.15) is 55.8 Å². The lowest BCUT2D eigenvalue weighted by atomic mass is 10.1. The maximum absolute atomic E-state index is 11.7. The Balaban J connectivity index is 0.000000896. The molecule has 2 N–H and O–H groups in total. The number of unbranched alkanes of at least 4 members (excludes halogenated alkanes) is 4. The first-order valence-electron chi connectivity index (χ1n) is 9.23. The molecule has 148 valence electrons. The predicted octanol–water partition coefficient (Wildman–Crippen LogP) is 1.92. The van der Waals surface area contributed by atoms with Crippen molar-refractivity contribution in [2.45, 2.75) is 45.4 Å². The number of nitrogens with zero attached hydrogens (tertiary/aromatic N) is 1. The van der Waals surface area contributed by atoms with Gasteiger partial charge in [0.25, 0.3) is 5.91 Å². The number of carbonyl (C=O) groups is 2. The maximum atomic E-state index is 11.7. The topological polar surface area (TPSA) is 89.5 Å². The molecule has 0 aromatic heterocycles. The summed E-state index contributed by atoms with van der Waals surface area (Å²) in [6.45, 7) is 3.97. The van der Waals surface area contributed by atoms with E-state index in [4.69, 9.17) is 0 Å². The van der Waals surface area contributed by atoms with Crippen LogP contribution in [0.3, 0.4) is 0 Å². The molecule has 6 nitrogen and oxygen atoms in total. The summed E-state index contributed by atoms with van der Waals surface area (Å²) in [5.41, 5.74) is 0.443. The van der Waals surface area contributed by atoms with E-state index in [1.165, 1.54) is 18.7 Å². The number of aromatic hydroxyl groups is 1. The third-order valence-electron chi connectivity index (χ3n) is 3.90. The highest BCUT2D eigenvalue weighted by Crippen LogP contribution is 2.10. The Labute approximate surface area is 157 Å². The number of amides is 1. The second-order valence-electron chi connectivity index (χ2n) is 7.30. The van der Waals surface area contributed by atoms with Gasteiger partial charge in [-0.05, 0) is 44.4 Å². The van der Waals surface area contributed by atoms with Crippen LogP contribution in [0.2, 0.25) is 0 Å². The Morgan fingerprint density at radius 1 is 1.08 bits per heavy atom. The second-order valence-corrected chi connectivity index (χ2v) is 7.30. The van der Waals surface area contributed by atoms with Gasteiger partial charge in [-0.3, -0.25) is 4.79 Å². The summed E-state index contributed by atoms with van der Waals surface area (Å²) in [4.78, 5) is 21.9. The van der Waals surface area contributed by atoms with Crippen LogP contribution in [0.5, 0.6) is 5.75 Å². The van der Waals surface area contributed by atoms with Crippen LogP contribution >= 0.6 is 0 Å². The fraction of sp³-hybridized carbons (Fsp3) is 0.600. The molecular formula is C20H34N2O4. The first-order valence-corrected chi connectivity index (χ1v) is 9.23. The lowest BCUT2D eigenvalue weighted by Crippen LogP contribution is -2.33. The molecule has 1 aromatic rings. The van der Waals surface area contributed by atoms with Gasteiger partial charge >= 0.3 is 0 Å². The van der Waals surface area contributed by atoms with E-state index in [2.05, 4.69) is 33.4 Å². The Bertz CT molecular complexity index is 539. The summed E-state index contributed by atoms with van der Waals surface area (Å²) >= 11 is 0. The summed E-state index contributed by atoms with van der Waals surface area (Å²) in [7, 11) is 6.54. The van der Waals surface area contributed by atoms with Crippen molar-refractivity contribution in [3.8, 4) is 5.75 Å². The maximum Gasteiger partial charge on any atom is 0.251 e. The van der Waals surface area contributed by atoms with Gasteiger partial charge in [0.2, 0.25) is 0 Å². The zero-order valence-corrected chi connectivity index (χ0v) is 16.6. The van der Waals surface area contributed by atoms with Crippen molar-refractivity contribution in [2.24, 2.45) is 0 Å². The number of phenolic OH excluding ortho intramolecular Hbond substituents is 1. The zero-order chi connectivity index (χ0) is 20.0. The largest absolute Gasteiger partial charge is 0.550 e. The van der Waals surface area contributed by atoms with Crippen molar-refractivity contribution in [3.63, 3.8) is 0 Å². The lowest BCUT2D eigenvalue weighted by Gasteiger charge is -2.20. The third kappa shape index (κ3) is 14.3. The number of phenols is 1. The lowest BCUT2D eigenvalue weighted by molar-refractivity contribution is -0.868. The number of quaternary nitrogens is 1. The number of nitrogens with one attached hydrogen (secondary N) is 1. The van der Waals surface area contributed by atoms with E-state index in [-0.39, 0.29) is 18.1 Å². The van der Waals surface area contributed by atoms with Crippen LogP contribution in [-0.4, -0.2) is 55.7 Å². The number of carboxylic acid groups (broad SMARTS) is 1. The van der Waals surface area contributed by atoms with Crippen molar-refractivity contribution in [2.75, 3.05) is 34.2 Å². The SMILES string of the molecule is CC[N+](C)(C)C.O=C([O-])CCCCCCCNC(=O)c1cccc(O)c1. The molecule has 0 unspecified atom stereocenters. The summed E-state index contributed by atoms with van der Waals surface area (Å²) in [5.74, 6) is -1.12. The first-order chi connectivity index (χ1) is 12.2. The van der Waals surface area contributed by atoms with Gasteiger partial charge < -0.3 is 24.8 Å². The molecule has 0 aliphatic rings. The van der Waals surface area contributed by atoms with Gasteiger partial charge in [-0.15, -0.1) is 0 Å². The fourth-order valence-corrected chi connectivity index (χ4v) is 1.88. The molecule has 0 radical (unpaired) electrons. The molecule has 6 heteroatoms. The Morgan fingerprint density at radius 2 is 1.65 bits per heavy atom. The highest BCUT2D eigenvalue weighted by Gasteiger charge is 2.04. The first kappa shape index (κ1) is 23.9. The van der Waals surface area contributed by atoms with Gasteiger partial charge in [0.15, 0.2) is 0 Å². The van der Waals surface area contributed by atoms with E-state index in [1.54, 1.807) is 12.1 Å². The minimum atomic E-state index is -0.997. The van der Waals surface area contributed by atoms with Gasteiger partial charge in [0.05, 0.1) is 27.7 Å². The summed E-state index contributed by atoms with van der Waals surface area (Å²) < 4.78 is 1.07. The molecular weight excluding hydrogens is 332 g/mol. The smallest absolute Gasteiger partial charge is 0.251 e. The average Bonchev–Trinajstić information content (AvgIpc) is 2.56. The molecule has 0 aliphatic heterocycles. The minimum absolute atomic E-state index is 0.0746. The quantitative estimate of drug-likeness (QED) is 0.489. The van der Waals surface area contributed by atoms with Crippen LogP contribution in [-0.2, 0) is 4.79 Å². The van der Waals surface area contributed by atoms with Gasteiger partial charge in [0, 0.05) is 18.1 Å². The van der Waals surface area contributed by atoms with Gasteiger partial charge in [-0.1, -0.05) is 25.3 Å². The van der Waals surface area contributed by atoms with Crippen LogP contribution in [0.15, 0.2) is 24.3 Å². The molecule has 0 spiro atoms. The van der Waals surface area contributed by atoms with Gasteiger partial charge in [0.1, 0.15) is 5.75 Å². The third-order valence-corrected chi connectivity index (χ3v) is 3.90. The zero-order valence-electron chi connectivity index (χ0n) is 16.6. The number of rotatable bonds is 10. The monoisotopic (exact) mass is 366 g/mol. The number of hydrogen-bond donors (Lipinski definition) is 2. The summed E-state index contributed by atoms with van der Waals surface area (Å²) in [5, 5.41) is 22.2. The molecule has 0 aliphatic carbocycles. The summed E-state index contributed by atoms with van der Waals surface area (Å²) in [6, 6.07) is 6.22. The van der Waals surface area contributed by atoms with Crippen molar-refractivity contribution in [3.05, 3.63) is 29.8 Å². The Kier molecular flexibility index (Phi) is 12.1. The Hall–Kier alpha value is -2.08. The van der Waals surface area contributed by atoms with Crippen molar-refractivity contribution in [1.29, 1.82) is 0 Å². The van der Waals surface area contributed by atoms with Crippen LogP contribution in [0.25, 0.3) is 0 Å². The number of carboxylic acids is 1. The van der Waals surface area contributed by atoms with Gasteiger partial charge in [-0.25, -0.2) is 0 Å². The molecule has 0 fully saturated rings. The van der Waals surface area contributed by atoms with Crippen molar-refractivity contribution in [1.82, 2.24) is 5.32 Å². The number of carbonyl (C=O) groups excluding carboxylic acids is 2. The number of aliphatic carboxylic acids is 1. The number of benzene rings is 1. The molecule has 0 saturated carbocycles. The van der Waals surface area contributed by atoms with Crippen LogP contribution in [0.4, 0.5) is 0 Å². The van der Waals surface area contributed by atoms with Crippen LogP contribution < -0.4 is 10.4 Å². The molecule has 26 heavy (non-hydrogen) atoms. The van der Waals surface area contributed by atoms with E-state index >= 15 is 0 Å². The normalized spacial score (nSPS) is 10.6. The fourth-order valence-electron chi connectivity index (χ4n) is 1.88. The van der Waals surface area contributed by atoms with E-state index in [0.717, 1.165) is 30.2 Å². The van der Waals surface area contributed by atoms with E-state index in [1.807, 2.05) is 0 Å². The summed E-state index contributed by atoms with van der Waals surface area (Å²) in [6.07, 6.45) is 4.40. The second kappa shape index (κ2) is 13.2. The average molecular weight is 367 g/mol. The van der Waals surface area contributed by atoms with Crippen molar-refractivity contribution >= 4 is 11.9 Å². The molecule has 1 aromatic carbocycles. The molecule has 1 rings (SSSR count). The van der Waals surface area contributed by atoms with Gasteiger partial charge in [-0.2, -0.15) is 0 Å². The molecule has 0 atom stereocenters. The van der Waals surface area contributed by atoms with E-state index in [9.17, 15) is 19.8 Å². The molecule has 0 bridgehead atoms. The minimum Gasteiger partial charge on any atom is -0.550 e. The molecule has 1 amide bonds. The Morgan fingerprint density at radius 3 is 2.19 bits per heavy atom. The highest BCUT2D eigenvalue weighted by atomic mass is 16.4. The molecule has 0 heterocycles.